The van der Waals surface area contributed by atoms with Crippen molar-refractivity contribution >= 4 is 16.7 Å². The van der Waals surface area contributed by atoms with E-state index in [0.717, 1.165) is 6.54 Å². The second-order valence-corrected chi connectivity index (χ2v) is 5.94. The number of hydrogen-bond donors (Lipinski definition) is 1. The monoisotopic (exact) mass is 262 g/mol. The molecule has 0 aliphatic carbocycles. The molecule has 0 aromatic carbocycles. The van der Waals surface area contributed by atoms with Gasteiger partial charge in [-0.15, -0.1) is 0 Å². The van der Waals surface area contributed by atoms with E-state index in [4.69, 9.17) is 0 Å². The standard InChI is InChI=1S/C12H26N2O2S/c1-6-13-10(4)11(5)17(16)9-12(15)14(7-2)8-3/h10-11,13H,6-9H2,1-5H3. The summed E-state index contributed by atoms with van der Waals surface area (Å²) in [5, 5.41) is 3.23. The Labute approximate surface area is 108 Å². The van der Waals surface area contributed by atoms with Crippen LogP contribution >= 0.6 is 0 Å². The Balaban J connectivity index is 4.29. The Bertz CT molecular complexity index is 255. The van der Waals surface area contributed by atoms with Crippen molar-refractivity contribution in [2.75, 3.05) is 25.4 Å². The fourth-order valence-electron chi connectivity index (χ4n) is 1.64. The van der Waals surface area contributed by atoms with Crippen LogP contribution in [-0.4, -0.2) is 51.7 Å². The molecule has 3 atom stereocenters. The molecule has 17 heavy (non-hydrogen) atoms. The van der Waals surface area contributed by atoms with Gasteiger partial charge in [0, 0.05) is 35.2 Å². The van der Waals surface area contributed by atoms with Gasteiger partial charge in [0.2, 0.25) is 5.91 Å². The number of amides is 1. The highest BCUT2D eigenvalue weighted by atomic mass is 32.2. The van der Waals surface area contributed by atoms with Gasteiger partial charge in [-0.25, -0.2) is 0 Å². The molecule has 1 N–H and O–H groups in total. The van der Waals surface area contributed by atoms with Crippen LogP contribution < -0.4 is 5.32 Å². The average molecular weight is 262 g/mol. The minimum absolute atomic E-state index is 0.00513. The summed E-state index contributed by atoms with van der Waals surface area (Å²) in [5.74, 6) is 0.127. The van der Waals surface area contributed by atoms with E-state index in [-0.39, 0.29) is 23.0 Å². The molecule has 0 bridgehead atoms. The molecule has 0 aromatic rings. The molecule has 0 rings (SSSR count). The molecular weight excluding hydrogens is 236 g/mol. The first-order chi connectivity index (χ1) is 7.97. The molecule has 3 unspecified atom stereocenters. The number of carbonyl (C=O) groups excluding carboxylic acids is 1. The SMILES string of the molecule is CCNC(C)C(C)S(=O)CC(=O)N(CC)CC. The molecule has 0 aliphatic heterocycles. The molecule has 1 amide bonds. The van der Waals surface area contributed by atoms with Crippen LogP contribution in [0.15, 0.2) is 0 Å². The lowest BCUT2D eigenvalue weighted by molar-refractivity contribution is -0.128. The summed E-state index contributed by atoms with van der Waals surface area (Å²) in [6.07, 6.45) is 0. The highest BCUT2D eigenvalue weighted by molar-refractivity contribution is 7.86. The van der Waals surface area contributed by atoms with Crippen LogP contribution in [0.4, 0.5) is 0 Å². The van der Waals surface area contributed by atoms with Crippen LogP contribution in [0.1, 0.15) is 34.6 Å². The van der Waals surface area contributed by atoms with Gasteiger partial charge < -0.3 is 10.2 Å². The van der Waals surface area contributed by atoms with Crippen LogP contribution in [0.25, 0.3) is 0 Å². The van der Waals surface area contributed by atoms with Crippen molar-refractivity contribution in [1.82, 2.24) is 10.2 Å². The Hall–Kier alpha value is -0.420. The average Bonchev–Trinajstić information content (AvgIpc) is 2.29. The van der Waals surface area contributed by atoms with Crippen molar-refractivity contribution in [2.24, 2.45) is 0 Å². The number of nitrogens with zero attached hydrogens (tertiary/aromatic N) is 1. The van der Waals surface area contributed by atoms with Gasteiger partial charge in [0.1, 0.15) is 5.75 Å². The smallest absolute Gasteiger partial charge is 0.235 e. The third kappa shape index (κ3) is 5.64. The Kier molecular flexibility index (Phi) is 8.43. The molecule has 0 aliphatic rings. The fraction of sp³-hybridized carbons (Fsp3) is 0.917. The Morgan fingerprint density at radius 2 is 1.76 bits per heavy atom. The number of carbonyl (C=O) groups is 1. The van der Waals surface area contributed by atoms with Crippen molar-refractivity contribution in [2.45, 2.75) is 45.9 Å². The maximum Gasteiger partial charge on any atom is 0.235 e. The first-order valence-electron chi connectivity index (χ1n) is 6.36. The van der Waals surface area contributed by atoms with Crippen molar-refractivity contribution in [1.29, 1.82) is 0 Å². The fourth-order valence-corrected chi connectivity index (χ4v) is 2.88. The minimum Gasteiger partial charge on any atom is -0.342 e. The molecule has 0 saturated heterocycles. The maximum absolute atomic E-state index is 12.0. The second-order valence-electron chi connectivity index (χ2n) is 4.14. The Morgan fingerprint density at radius 1 is 1.24 bits per heavy atom. The predicted molar refractivity (Wildman–Crippen MR) is 73.5 cm³/mol. The quantitative estimate of drug-likeness (QED) is 0.710. The lowest BCUT2D eigenvalue weighted by atomic mass is 10.2. The molecule has 4 nitrogen and oxygen atoms in total. The first-order valence-corrected chi connectivity index (χ1v) is 7.74. The minimum atomic E-state index is -1.10. The van der Waals surface area contributed by atoms with Gasteiger partial charge in [-0.2, -0.15) is 0 Å². The van der Waals surface area contributed by atoms with Gasteiger partial charge >= 0.3 is 0 Å². The zero-order valence-electron chi connectivity index (χ0n) is 11.7. The van der Waals surface area contributed by atoms with E-state index in [1.807, 2.05) is 34.6 Å². The molecule has 0 aromatic heterocycles. The third-order valence-corrected chi connectivity index (χ3v) is 4.80. The molecule has 0 radical (unpaired) electrons. The Morgan fingerprint density at radius 3 is 2.18 bits per heavy atom. The van der Waals surface area contributed by atoms with E-state index in [1.54, 1.807) is 4.90 Å². The van der Waals surface area contributed by atoms with E-state index in [2.05, 4.69) is 5.32 Å². The van der Waals surface area contributed by atoms with Crippen LogP contribution in [-0.2, 0) is 15.6 Å². The van der Waals surface area contributed by atoms with Crippen LogP contribution in [0.2, 0.25) is 0 Å². The summed E-state index contributed by atoms with van der Waals surface area (Å²) in [7, 11) is -1.10. The van der Waals surface area contributed by atoms with Crippen molar-refractivity contribution < 1.29 is 9.00 Å². The lowest BCUT2D eigenvalue weighted by Crippen LogP contribution is -2.42. The molecule has 5 heteroatoms. The maximum atomic E-state index is 12.0. The summed E-state index contributed by atoms with van der Waals surface area (Å²) in [4.78, 5) is 13.5. The van der Waals surface area contributed by atoms with Gasteiger partial charge in [-0.3, -0.25) is 9.00 Å². The van der Waals surface area contributed by atoms with Crippen molar-refractivity contribution in [3.63, 3.8) is 0 Å². The number of hydrogen-bond acceptors (Lipinski definition) is 3. The van der Waals surface area contributed by atoms with E-state index in [9.17, 15) is 9.00 Å². The third-order valence-electron chi connectivity index (χ3n) is 3.03. The predicted octanol–water partition coefficient (Wildman–Crippen LogP) is 0.990. The summed E-state index contributed by atoms with van der Waals surface area (Å²) in [6, 6.07) is 0.172. The zero-order chi connectivity index (χ0) is 13.4. The summed E-state index contributed by atoms with van der Waals surface area (Å²) >= 11 is 0. The first kappa shape index (κ1) is 16.6. The van der Waals surface area contributed by atoms with E-state index < -0.39 is 10.8 Å². The van der Waals surface area contributed by atoms with Gasteiger partial charge in [0.05, 0.1) is 0 Å². The van der Waals surface area contributed by atoms with Gasteiger partial charge in [-0.05, 0) is 34.2 Å². The highest BCUT2D eigenvalue weighted by Crippen LogP contribution is 2.04. The molecular formula is C12H26N2O2S. The number of nitrogens with one attached hydrogen (secondary N) is 1. The molecule has 0 spiro atoms. The van der Waals surface area contributed by atoms with Crippen LogP contribution in [0, 0.1) is 0 Å². The highest BCUT2D eigenvalue weighted by Gasteiger charge is 2.22. The van der Waals surface area contributed by atoms with E-state index >= 15 is 0 Å². The number of rotatable bonds is 8. The second kappa shape index (κ2) is 8.64. The normalized spacial score (nSPS) is 16.3. The van der Waals surface area contributed by atoms with Crippen LogP contribution in [0.3, 0.4) is 0 Å². The topological polar surface area (TPSA) is 49.4 Å². The largest absolute Gasteiger partial charge is 0.342 e. The van der Waals surface area contributed by atoms with Crippen LogP contribution in [0.5, 0.6) is 0 Å². The summed E-state index contributed by atoms with van der Waals surface area (Å²) < 4.78 is 12.0. The summed E-state index contributed by atoms with van der Waals surface area (Å²) in [5.41, 5.74) is 0. The van der Waals surface area contributed by atoms with Crippen molar-refractivity contribution in [3.05, 3.63) is 0 Å². The lowest BCUT2D eigenvalue weighted by Gasteiger charge is -2.22. The molecule has 0 heterocycles. The zero-order valence-corrected chi connectivity index (χ0v) is 12.5. The molecule has 102 valence electrons. The van der Waals surface area contributed by atoms with Gasteiger partial charge in [0.25, 0.3) is 0 Å². The molecule has 0 fully saturated rings. The summed E-state index contributed by atoms with van der Waals surface area (Å²) in [6.45, 7) is 12.1. The molecule has 0 saturated carbocycles. The van der Waals surface area contributed by atoms with Gasteiger partial charge in [0.15, 0.2) is 0 Å². The van der Waals surface area contributed by atoms with E-state index in [0.29, 0.717) is 13.1 Å². The van der Waals surface area contributed by atoms with Crippen molar-refractivity contribution in [3.8, 4) is 0 Å². The van der Waals surface area contributed by atoms with Gasteiger partial charge in [-0.1, -0.05) is 6.92 Å². The van der Waals surface area contributed by atoms with E-state index in [1.165, 1.54) is 0 Å².